The first kappa shape index (κ1) is 16.6. The number of rotatable bonds is 5. The van der Waals surface area contributed by atoms with Crippen LogP contribution in [0.5, 0.6) is 11.5 Å². The first-order valence-electron chi connectivity index (χ1n) is 7.73. The highest BCUT2D eigenvalue weighted by molar-refractivity contribution is 6.10. The Kier molecular flexibility index (Phi) is 4.43. The maximum atomic E-state index is 14.1. The Morgan fingerprint density at radius 3 is 2.72 bits per heavy atom. The normalized spacial score (nSPS) is 11.6. The second-order valence-electron chi connectivity index (χ2n) is 5.66. The Morgan fingerprint density at radius 2 is 2.04 bits per heavy atom. The quantitative estimate of drug-likeness (QED) is 0.488. The van der Waals surface area contributed by atoms with E-state index in [1.807, 2.05) is 36.0 Å². The Bertz CT molecular complexity index is 975. The molecule has 0 aliphatic carbocycles. The fourth-order valence-electron chi connectivity index (χ4n) is 2.68. The van der Waals surface area contributed by atoms with Crippen LogP contribution in [0.2, 0.25) is 0 Å². The molecule has 6 heteroatoms. The van der Waals surface area contributed by atoms with Crippen LogP contribution in [0.1, 0.15) is 5.56 Å². The molecule has 0 fully saturated rings. The predicted molar refractivity (Wildman–Crippen MR) is 99.6 cm³/mol. The highest BCUT2D eigenvalue weighted by Gasteiger charge is 2.14. The number of aryl methyl sites for hydroxylation is 1. The van der Waals surface area contributed by atoms with Gasteiger partial charge >= 0.3 is 0 Å². The van der Waals surface area contributed by atoms with Crippen LogP contribution in [0.25, 0.3) is 16.5 Å². The van der Waals surface area contributed by atoms with Crippen LogP contribution >= 0.6 is 0 Å². The van der Waals surface area contributed by atoms with Crippen molar-refractivity contribution < 1.29 is 9.13 Å². The van der Waals surface area contributed by atoms with Gasteiger partial charge in [-0.2, -0.15) is 0 Å². The van der Waals surface area contributed by atoms with Crippen molar-refractivity contribution >= 4 is 28.4 Å². The largest absolute Gasteiger partial charge is 0.454 e. The van der Waals surface area contributed by atoms with Gasteiger partial charge in [0.2, 0.25) is 0 Å². The molecule has 0 radical (unpaired) electrons. The summed E-state index contributed by atoms with van der Waals surface area (Å²) in [5, 5.41) is 11.6. The second-order valence-corrected chi connectivity index (χ2v) is 5.66. The van der Waals surface area contributed by atoms with Crippen molar-refractivity contribution in [2.45, 2.75) is 0 Å². The van der Waals surface area contributed by atoms with Gasteiger partial charge in [0.25, 0.3) is 0 Å². The maximum Gasteiger partial charge on any atom is 0.167 e. The SMILES string of the molecule is CN/C=C(\C=N)c1cc2c(ccn2C)cc1Oc1ccc(N)cc1F. The standard InChI is InChI=1S/C19H19FN4O/c1-23-11-13(10-21)15-9-17-12(5-6-24(17)2)7-19(15)25-18-4-3-14(22)8-16(18)20/h3-11,21,23H,22H2,1-2H3/b13-11+,21-10?. The highest BCUT2D eigenvalue weighted by atomic mass is 19.1. The molecule has 25 heavy (non-hydrogen) atoms. The minimum atomic E-state index is -0.534. The lowest BCUT2D eigenvalue weighted by Crippen LogP contribution is -2.00. The van der Waals surface area contributed by atoms with E-state index in [9.17, 15) is 4.39 Å². The molecule has 0 bridgehead atoms. The summed E-state index contributed by atoms with van der Waals surface area (Å²) in [5.74, 6) is 0.0139. The van der Waals surface area contributed by atoms with E-state index in [-0.39, 0.29) is 5.75 Å². The smallest absolute Gasteiger partial charge is 0.167 e. The molecular formula is C19H19FN4O. The third kappa shape index (κ3) is 3.19. The molecule has 3 aromatic rings. The van der Waals surface area contributed by atoms with Gasteiger partial charge in [-0.1, -0.05) is 0 Å². The molecule has 5 nitrogen and oxygen atoms in total. The second kappa shape index (κ2) is 6.68. The Balaban J connectivity index is 2.17. The summed E-state index contributed by atoms with van der Waals surface area (Å²) in [7, 11) is 3.70. The molecule has 0 amide bonds. The molecule has 3 rings (SSSR count). The average molecular weight is 338 g/mol. The summed E-state index contributed by atoms with van der Waals surface area (Å²) in [6, 6.07) is 10.0. The van der Waals surface area contributed by atoms with Crippen molar-refractivity contribution in [3.8, 4) is 11.5 Å². The molecule has 4 N–H and O–H groups in total. The van der Waals surface area contributed by atoms with Crippen LogP contribution in [0.4, 0.5) is 10.1 Å². The van der Waals surface area contributed by atoms with E-state index in [2.05, 4.69) is 5.32 Å². The molecule has 0 spiro atoms. The molecule has 0 aliphatic heterocycles. The van der Waals surface area contributed by atoms with Crippen LogP contribution in [0, 0.1) is 11.2 Å². The summed E-state index contributed by atoms with van der Waals surface area (Å²) in [4.78, 5) is 0. The van der Waals surface area contributed by atoms with Gasteiger partial charge in [-0.05, 0) is 30.3 Å². The van der Waals surface area contributed by atoms with Crippen molar-refractivity contribution in [3.05, 3.63) is 60.2 Å². The monoisotopic (exact) mass is 338 g/mol. The van der Waals surface area contributed by atoms with E-state index in [0.717, 1.165) is 10.9 Å². The van der Waals surface area contributed by atoms with Crippen LogP contribution in [-0.2, 0) is 7.05 Å². The van der Waals surface area contributed by atoms with E-state index >= 15 is 0 Å². The molecule has 128 valence electrons. The van der Waals surface area contributed by atoms with Crippen molar-refractivity contribution in [2.24, 2.45) is 7.05 Å². The number of nitrogens with one attached hydrogen (secondary N) is 2. The van der Waals surface area contributed by atoms with Gasteiger partial charge < -0.3 is 25.8 Å². The molecule has 0 unspecified atom stereocenters. The zero-order valence-corrected chi connectivity index (χ0v) is 14.0. The van der Waals surface area contributed by atoms with E-state index in [1.165, 1.54) is 18.3 Å². The minimum absolute atomic E-state index is 0.0829. The van der Waals surface area contributed by atoms with Crippen molar-refractivity contribution in [1.82, 2.24) is 9.88 Å². The fourth-order valence-corrected chi connectivity index (χ4v) is 2.68. The number of fused-ring (bicyclic) bond motifs is 1. The first-order valence-corrected chi connectivity index (χ1v) is 7.73. The summed E-state index contributed by atoms with van der Waals surface area (Å²) in [5.41, 5.74) is 8.23. The molecule has 0 aliphatic rings. The average Bonchev–Trinajstić information content (AvgIpc) is 2.95. The number of anilines is 1. The topological polar surface area (TPSA) is 76.1 Å². The minimum Gasteiger partial charge on any atom is -0.454 e. The number of nitrogens with zero attached hydrogens (tertiary/aromatic N) is 1. The molecule has 1 heterocycles. The number of hydrogen-bond acceptors (Lipinski definition) is 4. The number of halogens is 1. The zero-order chi connectivity index (χ0) is 18.0. The van der Waals surface area contributed by atoms with Gasteiger partial charge in [-0.3, -0.25) is 0 Å². The highest BCUT2D eigenvalue weighted by Crippen LogP contribution is 2.35. The van der Waals surface area contributed by atoms with Gasteiger partial charge in [-0.25, -0.2) is 4.39 Å². The van der Waals surface area contributed by atoms with Gasteiger partial charge in [0.05, 0.1) is 0 Å². The number of aromatic nitrogens is 1. The molecular weight excluding hydrogens is 319 g/mol. The number of allylic oxidation sites excluding steroid dienone is 1. The van der Waals surface area contributed by atoms with E-state index < -0.39 is 5.82 Å². The molecule has 2 aromatic carbocycles. The number of hydrogen-bond donors (Lipinski definition) is 3. The van der Waals surface area contributed by atoms with Gasteiger partial charge in [-0.15, -0.1) is 0 Å². The summed E-state index contributed by atoms with van der Waals surface area (Å²) in [6.45, 7) is 0. The molecule has 0 saturated heterocycles. The van der Waals surface area contributed by atoms with Crippen molar-refractivity contribution in [2.75, 3.05) is 12.8 Å². The van der Waals surface area contributed by atoms with Crippen LogP contribution in [0.15, 0.2) is 48.8 Å². The number of nitrogens with two attached hydrogens (primary N) is 1. The Labute approximate surface area is 145 Å². The lowest BCUT2D eigenvalue weighted by Gasteiger charge is -2.14. The van der Waals surface area contributed by atoms with Crippen molar-refractivity contribution in [3.63, 3.8) is 0 Å². The molecule has 0 atom stereocenters. The lowest BCUT2D eigenvalue weighted by atomic mass is 10.0. The maximum absolute atomic E-state index is 14.1. The fraction of sp³-hybridized carbons (Fsp3) is 0.105. The number of ether oxygens (including phenoxy) is 1. The third-order valence-electron chi connectivity index (χ3n) is 3.93. The summed E-state index contributed by atoms with van der Waals surface area (Å²) < 4.78 is 21.9. The predicted octanol–water partition coefficient (Wildman–Crippen LogP) is 3.90. The summed E-state index contributed by atoms with van der Waals surface area (Å²) in [6.07, 6.45) is 4.87. The van der Waals surface area contributed by atoms with Gasteiger partial charge in [0, 0.05) is 66.5 Å². The van der Waals surface area contributed by atoms with Crippen LogP contribution in [-0.4, -0.2) is 17.8 Å². The van der Waals surface area contributed by atoms with Crippen LogP contribution in [0.3, 0.4) is 0 Å². The van der Waals surface area contributed by atoms with Crippen molar-refractivity contribution in [1.29, 1.82) is 5.41 Å². The van der Waals surface area contributed by atoms with Crippen LogP contribution < -0.4 is 15.8 Å². The number of benzene rings is 2. The van der Waals surface area contributed by atoms with Gasteiger partial charge in [0.1, 0.15) is 5.75 Å². The Hall–Kier alpha value is -3.28. The van der Waals surface area contributed by atoms with E-state index in [4.69, 9.17) is 15.9 Å². The molecule has 1 aromatic heterocycles. The van der Waals surface area contributed by atoms with E-state index in [1.54, 1.807) is 19.3 Å². The third-order valence-corrected chi connectivity index (χ3v) is 3.93. The molecule has 0 saturated carbocycles. The van der Waals surface area contributed by atoms with Gasteiger partial charge in [0.15, 0.2) is 11.6 Å². The first-order chi connectivity index (χ1) is 12.0. The lowest BCUT2D eigenvalue weighted by molar-refractivity contribution is 0.442. The Morgan fingerprint density at radius 1 is 1.24 bits per heavy atom. The summed E-state index contributed by atoms with van der Waals surface area (Å²) >= 11 is 0. The zero-order valence-electron chi connectivity index (χ0n) is 14.0. The van der Waals surface area contributed by atoms with E-state index in [0.29, 0.717) is 22.6 Å². The number of nitrogen functional groups attached to an aromatic ring is 1.